The van der Waals surface area contributed by atoms with Crippen molar-refractivity contribution in [1.29, 1.82) is 0 Å². The molecule has 3 heteroatoms. The van der Waals surface area contributed by atoms with E-state index in [0.717, 1.165) is 24.6 Å². The Bertz CT molecular complexity index is 542. The van der Waals surface area contributed by atoms with Crippen LogP contribution >= 0.6 is 0 Å². The molecule has 1 N–H and O–H groups in total. The summed E-state index contributed by atoms with van der Waals surface area (Å²) in [5, 5.41) is 3.35. The van der Waals surface area contributed by atoms with E-state index in [9.17, 15) is 0 Å². The number of benzene rings is 1. The first-order valence-electron chi connectivity index (χ1n) is 6.10. The zero-order chi connectivity index (χ0) is 11.8. The molecule has 1 atom stereocenters. The van der Waals surface area contributed by atoms with Crippen LogP contribution in [-0.2, 0) is 0 Å². The number of hydrogen-bond donors (Lipinski definition) is 1. The third-order valence-corrected chi connectivity index (χ3v) is 3.32. The minimum Gasteiger partial charge on any atom is -0.356 e. The molecular formula is C14H17N3. The molecule has 0 aliphatic carbocycles. The highest BCUT2D eigenvalue weighted by molar-refractivity contribution is 5.36. The van der Waals surface area contributed by atoms with Crippen LogP contribution in [-0.4, -0.2) is 16.1 Å². The summed E-state index contributed by atoms with van der Waals surface area (Å²) in [5.41, 5.74) is 3.77. The van der Waals surface area contributed by atoms with Crippen molar-refractivity contribution in [1.82, 2.24) is 9.55 Å². The lowest BCUT2D eigenvalue weighted by molar-refractivity contribution is 0.530. The van der Waals surface area contributed by atoms with Gasteiger partial charge in [0.25, 0.3) is 0 Å². The van der Waals surface area contributed by atoms with Crippen molar-refractivity contribution in [2.75, 3.05) is 11.9 Å². The maximum Gasteiger partial charge on any atom is 0.203 e. The molecule has 1 aliphatic rings. The second-order valence-corrected chi connectivity index (χ2v) is 4.76. The van der Waals surface area contributed by atoms with Crippen LogP contribution in [0.3, 0.4) is 0 Å². The number of anilines is 1. The quantitative estimate of drug-likeness (QED) is 0.811. The standard InChI is InChI=1S/C14H17N3/c1-10-4-3-5-12(8-10)13-6-7-15-14-16-11(2)9-17(13)14/h3-5,8-9,13H,6-7H2,1-2H3,(H,15,16). The number of aromatic nitrogens is 2. The van der Waals surface area contributed by atoms with Gasteiger partial charge in [-0.1, -0.05) is 29.8 Å². The summed E-state index contributed by atoms with van der Waals surface area (Å²) >= 11 is 0. The van der Waals surface area contributed by atoms with Crippen LogP contribution in [0.5, 0.6) is 0 Å². The Balaban J connectivity index is 2.05. The first-order valence-corrected chi connectivity index (χ1v) is 6.10. The van der Waals surface area contributed by atoms with Gasteiger partial charge in [-0.2, -0.15) is 0 Å². The maximum absolute atomic E-state index is 4.50. The van der Waals surface area contributed by atoms with Gasteiger partial charge in [0, 0.05) is 12.7 Å². The predicted molar refractivity (Wildman–Crippen MR) is 69.4 cm³/mol. The van der Waals surface area contributed by atoms with Crippen LogP contribution in [0.2, 0.25) is 0 Å². The largest absolute Gasteiger partial charge is 0.356 e. The molecule has 1 aromatic heterocycles. The highest BCUT2D eigenvalue weighted by Crippen LogP contribution is 2.29. The van der Waals surface area contributed by atoms with E-state index in [1.165, 1.54) is 11.1 Å². The molecular weight excluding hydrogens is 210 g/mol. The Labute approximate surface area is 101 Å². The maximum atomic E-state index is 4.50. The van der Waals surface area contributed by atoms with E-state index in [4.69, 9.17) is 0 Å². The minimum atomic E-state index is 0.423. The first kappa shape index (κ1) is 10.4. The Kier molecular flexibility index (Phi) is 2.39. The molecule has 0 bridgehead atoms. The Hall–Kier alpha value is -1.77. The molecule has 2 aromatic rings. The van der Waals surface area contributed by atoms with Crippen molar-refractivity contribution >= 4 is 5.95 Å². The van der Waals surface area contributed by atoms with Crippen molar-refractivity contribution in [3.05, 3.63) is 47.3 Å². The molecule has 3 rings (SSSR count). The summed E-state index contributed by atoms with van der Waals surface area (Å²) in [7, 11) is 0. The molecule has 0 spiro atoms. The lowest BCUT2D eigenvalue weighted by atomic mass is 10.0. The molecule has 0 amide bonds. The molecule has 3 nitrogen and oxygen atoms in total. The third kappa shape index (κ3) is 1.82. The van der Waals surface area contributed by atoms with E-state index in [1.807, 2.05) is 6.92 Å². The van der Waals surface area contributed by atoms with Crippen molar-refractivity contribution in [2.24, 2.45) is 0 Å². The third-order valence-electron chi connectivity index (χ3n) is 3.32. The van der Waals surface area contributed by atoms with E-state index >= 15 is 0 Å². The molecule has 0 fully saturated rings. The van der Waals surface area contributed by atoms with Gasteiger partial charge in [-0.25, -0.2) is 4.98 Å². The molecule has 17 heavy (non-hydrogen) atoms. The molecule has 1 aromatic carbocycles. The highest BCUT2D eigenvalue weighted by atomic mass is 15.2. The normalized spacial score (nSPS) is 18.6. The van der Waals surface area contributed by atoms with Gasteiger partial charge in [0.2, 0.25) is 5.95 Å². The fraction of sp³-hybridized carbons (Fsp3) is 0.357. The van der Waals surface area contributed by atoms with Crippen LogP contribution in [0.25, 0.3) is 0 Å². The number of hydrogen-bond acceptors (Lipinski definition) is 2. The van der Waals surface area contributed by atoms with Gasteiger partial charge in [0.1, 0.15) is 0 Å². The van der Waals surface area contributed by atoms with Crippen LogP contribution < -0.4 is 5.32 Å². The highest BCUT2D eigenvalue weighted by Gasteiger charge is 2.21. The summed E-state index contributed by atoms with van der Waals surface area (Å²) in [6, 6.07) is 9.19. The number of aryl methyl sites for hydroxylation is 2. The second kappa shape index (κ2) is 3.91. The number of rotatable bonds is 1. The molecule has 0 saturated heterocycles. The number of fused-ring (bicyclic) bond motifs is 1. The zero-order valence-corrected chi connectivity index (χ0v) is 10.3. The van der Waals surface area contributed by atoms with Gasteiger partial charge in [0.15, 0.2) is 0 Å². The van der Waals surface area contributed by atoms with E-state index in [0.29, 0.717) is 6.04 Å². The van der Waals surface area contributed by atoms with Gasteiger partial charge < -0.3 is 9.88 Å². The summed E-state index contributed by atoms with van der Waals surface area (Å²) in [4.78, 5) is 4.50. The zero-order valence-electron chi connectivity index (χ0n) is 10.3. The average Bonchev–Trinajstić information content (AvgIpc) is 2.68. The van der Waals surface area contributed by atoms with Crippen molar-refractivity contribution in [3.8, 4) is 0 Å². The summed E-state index contributed by atoms with van der Waals surface area (Å²) in [6.07, 6.45) is 3.25. The number of imidazole rings is 1. The summed E-state index contributed by atoms with van der Waals surface area (Å²) in [6.45, 7) is 5.18. The van der Waals surface area contributed by atoms with E-state index in [2.05, 4.69) is 52.3 Å². The summed E-state index contributed by atoms with van der Waals surface area (Å²) < 4.78 is 2.26. The molecule has 88 valence electrons. The SMILES string of the molecule is Cc1cccc(C2CCNc3nc(C)cn32)c1. The van der Waals surface area contributed by atoms with Crippen LogP contribution in [0.1, 0.15) is 29.3 Å². The molecule has 1 unspecified atom stereocenters. The molecule has 0 radical (unpaired) electrons. The fourth-order valence-electron chi connectivity index (χ4n) is 2.55. The molecule has 0 saturated carbocycles. The fourth-order valence-corrected chi connectivity index (χ4v) is 2.55. The van der Waals surface area contributed by atoms with E-state index in [-0.39, 0.29) is 0 Å². The topological polar surface area (TPSA) is 29.9 Å². The molecule has 1 aliphatic heterocycles. The van der Waals surface area contributed by atoms with Gasteiger partial charge >= 0.3 is 0 Å². The molecule has 2 heterocycles. The Morgan fingerprint density at radius 3 is 3.06 bits per heavy atom. The lowest BCUT2D eigenvalue weighted by Crippen LogP contribution is -2.23. The Morgan fingerprint density at radius 1 is 1.35 bits per heavy atom. The first-order chi connectivity index (χ1) is 8.24. The van der Waals surface area contributed by atoms with Gasteiger partial charge in [0.05, 0.1) is 11.7 Å². The minimum absolute atomic E-state index is 0.423. The summed E-state index contributed by atoms with van der Waals surface area (Å²) in [5.74, 6) is 1.00. The van der Waals surface area contributed by atoms with Gasteiger partial charge in [-0.15, -0.1) is 0 Å². The number of nitrogens with one attached hydrogen (secondary N) is 1. The van der Waals surface area contributed by atoms with Gasteiger partial charge in [-0.05, 0) is 25.8 Å². The van der Waals surface area contributed by atoms with Crippen LogP contribution in [0.4, 0.5) is 5.95 Å². The lowest BCUT2D eigenvalue weighted by Gasteiger charge is -2.26. The van der Waals surface area contributed by atoms with Gasteiger partial charge in [-0.3, -0.25) is 0 Å². The van der Waals surface area contributed by atoms with Crippen LogP contribution in [0, 0.1) is 13.8 Å². The van der Waals surface area contributed by atoms with E-state index < -0.39 is 0 Å². The van der Waals surface area contributed by atoms with E-state index in [1.54, 1.807) is 0 Å². The average molecular weight is 227 g/mol. The second-order valence-electron chi connectivity index (χ2n) is 4.76. The number of nitrogens with zero attached hydrogens (tertiary/aromatic N) is 2. The predicted octanol–water partition coefficient (Wildman–Crippen LogP) is 2.90. The van der Waals surface area contributed by atoms with Crippen molar-refractivity contribution in [2.45, 2.75) is 26.3 Å². The monoisotopic (exact) mass is 227 g/mol. The van der Waals surface area contributed by atoms with Crippen molar-refractivity contribution in [3.63, 3.8) is 0 Å². The van der Waals surface area contributed by atoms with Crippen molar-refractivity contribution < 1.29 is 0 Å². The van der Waals surface area contributed by atoms with Crippen LogP contribution in [0.15, 0.2) is 30.5 Å². The Morgan fingerprint density at radius 2 is 2.24 bits per heavy atom. The smallest absolute Gasteiger partial charge is 0.203 e.